The SMILES string of the molecule is CC(=O)N(c1cccc(Cl)c1)c1nc(C=C2N=C(c3ccc(F)c(F)c3)OC2=O)cs1. The van der Waals surface area contributed by atoms with Crippen molar-refractivity contribution in [1.82, 2.24) is 4.98 Å². The second kappa shape index (κ2) is 8.37. The highest BCUT2D eigenvalue weighted by Gasteiger charge is 2.26. The number of hydrogen-bond donors (Lipinski definition) is 0. The number of thiazole rings is 1. The van der Waals surface area contributed by atoms with Gasteiger partial charge in [-0.2, -0.15) is 0 Å². The quantitative estimate of drug-likeness (QED) is 0.402. The summed E-state index contributed by atoms with van der Waals surface area (Å²) < 4.78 is 31.6. The molecule has 0 radical (unpaired) electrons. The molecule has 10 heteroatoms. The maximum absolute atomic E-state index is 13.4. The minimum absolute atomic E-state index is 0.0614. The second-order valence-electron chi connectivity index (χ2n) is 6.35. The zero-order valence-electron chi connectivity index (χ0n) is 15.8. The van der Waals surface area contributed by atoms with E-state index in [-0.39, 0.29) is 23.1 Å². The fourth-order valence-electron chi connectivity index (χ4n) is 2.79. The van der Waals surface area contributed by atoms with Gasteiger partial charge in [-0.05, 0) is 42.5 Å². The molecule has 0 N–H and O–H groups in total. The molecular weight excluding hydrogens is 448 g/mol. The van der Waals surface area contributed by atoms with Gasteiger partial charge in [0.2, 0.25) is 11.8 Å². The summed E-state index contributed by atoms with van der Waals surface area (Å²) in [5, 5.41) is 2.48. The predicted molar refractivity (Wildman–Crippen MR) is 113 cm³/mol. The lowest BCUT2D eigenvalue weighted by molar-refractivity contribution is -0.130. The first-order chi connectivity index (χ1) is 14.8. The van der Waals surface area contributed by atoms with Crippen LogP contribution in [0.3, 0.4) is 0 Å². The van der Waals surface area contributed by atoms with E-state index in [0.717, 1.165) is 12.1 Å². The molecule has 0 bridgehead atoms. The van der Waals surface area contributed by atoms with Gasteiger partial charge in [0.25, 0.3) is 0 Å². The molecule has 4 rings (SSSR count). The van der Waals surface area contributed by atoms with Gasteiger partial charge in [0.05, 0.1) is 11.4 Å². The van der Waals surface area contributed by atoms with Crippen LogP contribution in [0.15, 0.2) is 58.5 Å². The first kappa shape index (κ1) is 20.8. The van der Waals surface area contributed by atoms with Crippen molar-refractivity contribution in [2.24, 2.45) is 4.99 Å². The van der Waals surface area contributed by atoms with E-state index >= 15 is 0 Å². The fraction of sp³-hybridized carbons (Fsp3) is 0.0476. The first-order valence-electron chi connectivity index (χ1n) is 8.81. The number of ether oxygens (including phenoxy) is 1. The van der Waals surface area contributed by atoms with Crippen LogP contribution in [0, 0.1) is 11.6 Å². The number of anilines is 2. The van der Waals surface area contributed by atoms with Crippen molar-refractivity contribution in [2.75, 3.05) is 4.90 Å². The van der Waals surface area contributed by atoms with Crippen molar-refractivity contribution >= 4 is 57.6 Å². The Labute approximate surface area is 184 Å². The van der Waals surface area contributed by atoms with Gasteiger partial charge in [0.15, 0.2) is 22.5 Å². The summed E-state index contributed by atoms with van der Waals surface area (Å²) in [7, 11) is 0. The number of benzene rings is 2. The third-order valence-corrected chi connectivity index (χ3v) is 5.23. The zero-order chi connectivity index (χ0) is 22.1. The number of rotatable bonds is 4. The van der Waals surface area contributed by atoms with Crippen molar-refractivity contribution in [3.8, 4) is 0 Å². The number of carbonyl (C=O) groups is 2. The monoisotopic (exact) mass is 459 g/mol. The molecule has 2 heterocycles. The first-order valence-corrected chi connectivity index (χ1v) is 10.1. The average molecular weight is 460 g/mol. The molecule has 1 aromatic heterocycles. The Balaban J connectivity index is 1.64. The van der Waals surface area contributed by atoms with Gasteiger partial charge >= 0.3 is 5.97 Å². The normalized spacial score (nSPS) is 14.5. The lowest BCUT2D eigenvalue weighted by Gasteiger charge is -2.18. The Morgan fingerprint density at radius 1 is 1.19 bits per heavy atom. The van der Waals surface area contributed by atoms with Crippen molar-refractivity contribution in [3.05, 3.63) is 81.5 Å². The minimum atomic E-state index is -1.08. The standard InChI is InChI=1S/C21H12ClF2N3O3S/c1-11(28)27(15-4-2-3-13(22)8-15)21-25-14(10-31-21)9-18-20(29)30-19(26-18)12-5-6-16(23)17(24)7-12/h2-10H,1H3. The molecule has 0 saturated carbocycles. The van der Waals surface area contributed by atoms with Crippen molar-refractivity contribution in [3.63, 3.8) is 0 Å². The van der Waals surface area contributed by atoms with E-state index in [9.17, 15) is 18.4 Å². The van der Waals surface area contributed by atoms with E-state index in [0.29, 0.717) is 21.5 Å². The molecule has 0 atom stereocenters. The van der Waals surface area contributed by atoms with Gasteiger partial charge in [0, 0.05) is 22.9 Å². The van der Waals surface area contributed by atoms with E-state index in [2.05, 4.69) is 9.98 Å². The number of hydrogen-bond acceptors (Lipinski definition) is 6. The highest BCUT2D eigenvalue weighted by Crippen LogP contribution is 2.31. The maximum Gasteiger partial charge on any atom is 0.363 e. The molecule has 31 heavy (non-hydrogen) atoms. The Morgan fingerprint density at radius 2 is 2.00 bits per heavy atom. The second-order valence-corrected chi connectivity index (χ2v) is 7.63. The molecule has 2 aromatic carbocycles. The average Bonchev–Trinajstić information content (AvgIpc) is 3.31. The third-order valence-electron chi connectivity index (χ3n) is 4.15. The number of esters is 1. The lowest BCUT2D eigenvalue weighted by atomic mass is 10.2. The van der Waals surface area contributed by atoms with Crippen LogP contribution in [0.25, 0.3) is 6.08 Å². The highest BCUT2D eigenvalue weighted by atomic mass is 35.5. The smallest absolute Gasteiger partial charge is 0.363 e. The van der Waals surface area contributed by atoms with Crippen LogP contribution in [0.5, 0.6) is 0 Å². The number of carbonyl (C=O) groups excluding carboxylic acids is 2. The molecule has 156 valence electrons. The maximum atomic E-state index is 13.4. The number of aromatic nitrogens is 1. The van der Waals surface area contributed by atoms with Gasteiger partial charge in [-0.25, -0.2) is 23.6 Å². The molecule has 0 aliphatic carbocycles. The molecule has 1 aliphatic heterocycles. The largest absolute Gasteiger partial charge is 0.402 e. The van der Waals surface area contributed by atoms with Crippen LogP contribution < -0.4 is 4.90 Å². The predicted octanol–water partition coefficient (Wildman–Crippen LogP) is 5.10. The summed E-state index contributed by atoms with van der Waals surface area (Å²) in [6, 6.07) is 9.82. The van der Waals surface area contributed by atoms with Crippen LogP contribution in [-0.4, -0.2) is 22.8 Å². The minimum Gasteiger partial charge on any atom is -0.402 e. The number of nitrogens with zero attached hydrogens (tertiary/aromatic N) is 3. The Kier molecular flexibility index (Phi) is 5.62. The molecule has 0 saturated heterocycles. The molecule has 1 amide bonds. The van der Waals surface area contributed by atoms with E-state index < -0.39 is 17.6 Å². The number of halogens is 3. The topological polar surface area (TPSA) is 71.9 Å². The lowest BCUT2D eigenvalue weighted by Crippen LogP contribution is -2.22. The van der Waals surface area contributed by atoms with Crippen LogP contribution in [0.4, 0.5) is 19.6 Å². The molecule has 0 spiro atoms. The Morgan fingerprint density at radius 3 is 2.71 bits per heavy atom. The van der Waals surface area contributed by atoms with E-state index in [1.165, 1.54) is 35.3 Å². The summed E-state index contributed by atoms with van der Waals surface area (Å²) in [6.45, 7) is 1.40. The molecule has 3 aromatic rings. The van der Waals surface area contributed by atoms with E-state index in [1.807, 2.05) is 0 Å². The fourth-order valence-corrected chi connectivity index (χ4v) is 3.82. The van der Waals surface area contributed by atoms with Gasteiger partial charge in [-0.3, -0.25) is 9.69 Å². The highest BCUT2D eigenvalue weighted by molar-refractivity contribution is 7.14. The number of amides is 1. The molecule has 1 aliphatic rings. The van der Waals surface area contributed by atoms with E-state index in [1.54, 1.807) is 29.6 Å². The molecule has 0 fully saturated rings. The van der Waals surface area contributed by atoms with Gasteiger partial charge < -0.3 is 4.74 Å². The van der Waals surface area contributed by atoms with Crippen LogP contribution in [-0.2, 0) is 14.3 Å². The summed E-state index contributed by atoms with van der Waals surface area (Å²) in [5.41, 5.74) is 0.982. The third kappa shape index (κ3) is 4.37. The van der Waals surface area contributed by atoms with Gasteiger partial charge in [-0.15, -0.1) is 11.3 Å². The van der Waals surface area contributed by atoms with Crippen molar-refractivity contribution in [1.29, 1.82) is 0 Å². The van der Waals surface area contributed by atoms with Crippen LogP contribution in [0.1, 0.15) is 18.2 Å². The van der Waals surface area contributed by atoms with Crippen molar-refractivity contribution < 1.29 is 23.1 Å². The summed E-state index contributed by atoms with van der Waals surface area (Å²) in [4.78, 5) is 34.2. The van der Waals surface area contributed by atoms with Crippen LogP contribution in [0.2, 0.25) is 5.02 Å². The molecular formula is C21H12ClF2N3O3S. The Hall–Kier alpha value is -3.43. The van der Waals surface area contributed by atoms with E-state index in [4.69, 9.17) is 16.3 Å². The summed E-state index contributed by atoms with van der Waals surface area (Å²) in [6.07, 6.45) is 1.38. The van der Waals surface area contributed by atoms with Crippen molar-refractivity contribution in [2.45, 2.75) is 6.92 Å². The Bertz CT molecular complexity index is 1270. The van der Waals surface area contributed by atoms with Gasteiger partial charge in [0.1, 0.15) is 0 Å². The zero-order valence-corrected chi connectivity index (χ0v) is 17.4. The van der Waals surface area contributed by atoms with Gasteiger partial charge in [-0.1, -0.05) is 17.7 Å². The molecule has 0 unspecified atom stereocenters. The molecule has 6 nitrogen and oxygen atoms in total. The summed E-state index contributed by atoms with van der Waals surface area (Å²) >= 11 is 7.21. The summed E-state index contributed by atoms with van der Waals surface area (Å²) in [5.74, 6) is -3.27. The number of cyclic esters (lactones) is 1. The number of aliphatic imine (C=N–C) groups is 1. The van der Waals surface area contributed by atoms with Crippen LogP contribution >= 0.6 is 22.9 Å².